The third kappa shape index (κ3) is 5.56. The number of methoxy groups -OCH3 is 1. The number of hydrogen-bond donors (Lipinski definition) is 1. The second kappa shape index (κ2) is 8.37. The third-order valence-electron chi connectivity index (χ3n) is 4.29. The fourth-order valence-corrected chi connectivity index (χ4v) is 2.56. The maximum atomic E-state index is 5.77. The highest BCUT2D eigenvalue weighted by Gasteiger charge is 2.28. The Hall–Kier alpha value is -1.52. The molecule has 1 saturated carbocycles. The summed E-state index contributed by atoms with van der Waals surface area (Å²) < 4.78 is 11.1. The van der Waals surface area contributed by atoms with Crippen molar-refractivity contribution in [3.05, 3.63) is 35.9 Å². The summed E-state index contributed by atoms with van der Waals surface area (Å²) in [5.41, 5.74) is 2.19. The summed E-state index contributed by atoms with van der Waals surface area (Å²) in [7, 11) is 3.89. The first kappa shape index (κ1) is 17.8. The van der Waals surface area contributed by atoms with E-state index in [0.717, 1.165) is 36.2 Å². The van der Waals surface area contributed by atoms with Gasteiger partial charge in [0.05, 0.1) is 7.11 Å². The van der Waals surface area contributed by atoms with Crippen LogP contribution in [0.4, 0.5) is 0 Å². The van der Waals surface area contributed by atoms with E-state index in [-0.39, 0.29) is 0 Å². The standard InChI is InChI=1S/C19H30N2O2/c1-14(2)13-23-19-10-16(6-9-18(19)22-5)12-20-11-15(3)21(4)17-7-8-17/h6,9-10,15,17,20H,1,7-8,11-13H2,2-5H3. The molecule has 0 saturated heterocycles. The number of benzene rings is 1. The summed E-state index contributed by atoms with van der Waals surface area (Å²) in [5, 5.41) is 3.54. The molecule has 1 unspecified atom stereocenters. The average Bonchev–Trinajstić information content (AvgIpc) is 3.37. The molecule has 1 aliphatic carbocycles. The van der Waals surface area contributed by atoms with E-state index < -0.39 is 0 Å². The Morgan fingerprint density at radius 2 is 2.13 bits per heavy atom. The summed E-state index contributed by atoms with van der Waals surface area (Å²) in [6, 6.07) is 7.44. The summed E-state index contributed by atoms with van der Waals surface area (Å²) in [6.07, 6.45) is 2.70. The maximum absolute atomic E-state index is 5.77. The Balaban J connectivity index is 1.86. The molecular formula is C19H30N2O2. The summed E-state index contributed by atoms with van der Waals surface area (Å²) in [5.74, 6) is 1.54. The van der Waals surface area contributed by atoms with Gasteiger partial charge in [-0.3, -0.25) is 4.90 Å². The number of rotatable bonds is 10. The Morgan fingerprint density at radius 3 is 2.74 bits per heavy atom. The monoisotopic (exact) mass is 318 g/mol. The van der Waals surface area contributed by atoms with Crippen molar-refractivity contribution < 1.29 is 9.47 Å². The number of hydrogen-bond acceptors (Lipinski definition) is 4. The van der Waals surface area contributed by atoms with Gasteiger partial charge in [-0.15, -0.1) is 0 Å². The van der Waals surface area contributed by atoms with Crippen molar-refractivity contribution in [3.63, 3.8) is 0 Å². The van der Waals surface area contributed by atoms with E-state index in [1.807, 2.05) is 19.1 Å². The highest BCUT2D eigenvalue weighted by Crippen LogP contribution is 2.29. The molecule has 4 nitrogen and oxygen atoms in total. The van der Waals surface area contributed by atoms with E-state index >= 15 is 0 Å². The van der Waals surface area contributed by atoms with Crippen LogP contribution in [0.3, 0.4) is 0 Å². The van der Waals surface area contributed by atoms with Gasteiger partial charge in [0.2, 0.25) is 0 Å². The lowest BCUT2D eigenvalue weighted by Gasteiger charge is -2.24. The molecule has 1 aliphatic rings. The van der Waals surface area contributed by atoms with E-state index in [0.29, 0.717) is 12.6 Å². The van der Waals surface area contributed by atoms with Crippen LogP contribution in [0.5, 0.6) is 11.5 Å². The van der Waals surface area contributed by atoms with Gasteiger partial charge >= 0.3 is 0 Å². The van der Waals surface area contributed by atoms with E-state index in [1.54, 1.807) is 7.11 Å². The van der Waals surface area contributed by atoms with Crippen LogP contribution in [-0.4, -0.2) is 44.3 Å². The molecule has 0 bridgehead atoms. The molecule has 1 atom stereocenters. The van der Waals surface area contributed by atoms with Crippen molar-refractivity contribution in [2.75, 3.05) is 27.3 Å². The highest BCUT2D eigenvalue weighted by atomic mass is 16.5. The van der Waals surface area contributed by atoms with Gasteiger partial charge in [-0.1, -0.05) is 12.6 Å². The first-order valence-corrected chi connectivity index (χ1v) is 8.38. The minimum Gasteiger partial charge on any atom is -0.493 e. The maximum Gasteiger partial charge on any atom is 0.161 e. The first-order chi connectivity index (χ1) is 11.0. The van der Waals surface area contributed by atoms with Crippen molar-refractivity contribution in [1.82, 2.24) is 10.2 Å². The molecule has 0 aliphatic heterocycles. The van der Waals surface area contributed by atoms with Crippen molar-refractivity contribution in [1.29, 1.82) is 0 Å². The molecule has 128 valence electrons. The SMILES string of the molecule is C=C(C)COc1cc(CNCC(C)N(C)C2CC2)ccc1OC. The smallest absolute Gasteiger partial charge is 0.161 e. The summed E-state index contributed by atoms with van der Waals surface area (Å²) in [6.45, 7) is 10.4. The van der Waals surface area contributed by atoms with Gasteiger partial charge in [0.25, 0.3) is 0 Å². The normalized spacial score (nSPS) is 15.5. The largest absolute Gasteiger partial charge is 0.493 e. The fraction of sp³-hybridized carbons (Fsp3) is 0.579. The lowest BCUT2D eigenvalue weighted by atomic mass is 10.2. The molecular weight excluding hydrogens is 288 g/mol. The van der Waals surface area contributed by atoms with Gasteiger partial charge in [0.1, 0.15) is 6.61 Å². The predicted octanol–water partition coefficient (Wildman–Crippen LogP) is 3.22. The second-order valence-electron chi connectivity index (χ2n) is 6.61. The molecule has 23 heavy (non-hydrogen) atoms. The van der Waals surface area contributed by atoms with Gasteiger partial charge in [0.15, 0.2) is 11.5 Å². The Labute approximate surface area is 140 Å². The van der Waals surface area contributed by atoms with Crippen LogP contribution >= 0.6 is 0 Å². The molecule has 0 spiro atoms. The van der Waals surface area contributed by atoms with Gasteiger partial charge in [-0.2, -0.15) is 0 Å². The number of ether oxygens (including phenoxy) is 2. The van der Waals surface area contributed by atoms with E-state index in [9.17, 15) is 0 Å². The van der Waals surface area contributed by atoms with Crippen LogP contribution in [0.1, 0.15) is 32.3 Å². The van der Waals surface area contributed by atoms with Crippen molar-refractivity contribution in [2.24, 2.45) is 0 Å². The summed E-state index contributed by atoms with van der Waals surface area (Å²) >= 11 is 0. The van der Waals surface area contributed by atoms with E-state index in [2.05, 4.69) is 36.8 Å². The quantitative estimate of drug-likeness (QED) is 0.672. The second-order valence-corrected chi connectivity index (χ2v) is 6.61. The van der Waals surface area contributed by atoms with Gasteiger partial charge in [-0.05, 0) is 57.0 Å². The third-order valence-corrected chi connectivity index (χ3v) is 4.29. The molecule has 4 heteroatoms. The Bertz CT molecular complexity index is 526. The van der Waals surface area contributed by atoms with Crippen molar-refractivity contribution >= 4 is 0 Å². The molecule has 1 N–H and O–H groups in total. The zero-order chi connectivity index (χ0) is 16.8. The summed E-state index contributed by atoms with van der Waals surface area (Å²) in [4.78, 5) is 2.47. The fourth-order valence-electron chi connectivity index (χ4n) is 2.56. The number of nitrogens with zero attached hydrogens (tertiary/aromatic N) is 1. The minimum absolute atomic E-state index is 0.510. The van der Waals surface area contributed by atoms with E-state index in [4.69, 9.17) is 9.47 Å². The van der Waals surface area contributed by atoms with Crippen molar-refractivity contribution in [2.45, 2.75) is 45.3 Å². The molecule has 1 aromatic carbocycles. The van der Waals surface area contributed by atoms with Crippen LogP contribution in [0.25, 0.3) is 0 Å². The zero-order valence-electron chi connectivity index (χ0n) is 14.9. The van der Waals surface area contributed by atoms with Gasteiger partial charge in [0, 0.05) is 25.2 Å². The lowest BCUT2D eigenvalue weighted by Crippen LogP contribution is -2.38. The van der Waals surface area contributed by atoms with Crippen LogP contribution in [0.15, 0.2) is 30.4 Å². The van der Waals surface area contributed by atoms with Crippen LogP contribution in [0, 0.1) is 0 Å². The number of likely N-dealkylation sites (N-methyl/N-ethyl adjacent to an activating group) is 1. The predicted molar refractivity (Wildman–Crippen MR) is 95.3 cm³/mol. The topological polar surface area (TPSA) is 33.7 Å². The average molecular weight is 318 g/mol. The lowest BCUT2D eigenvalue weighted by molar-refractivity contribution is 0.241. The zero-order valence-corrected chi connectivity index (χ0v) is 14.9. The molecule has 1 fully saturated rings. The van der Waals surface area contributed by atoms with Crippen LogP contribution in [-0.2, 0) is 6.54 Å². The molecule has 1 aromatic rings. The molecule has 0 aromatic heterocycles. The van der Waals surface area contributed by atoms with Gasteiger partial charge in [-0.25, -0.2) is 0 Å². The van der Waals surface area contributed by atoms with Crippen LogP contribution in [0.2, 0.25) is 0 Å². The molecule has 2 rings (SSSR count). The Morgan fingerprint density at radius 1 is 1.39 bits per heavy atom. The first-order valence-electron chi connectivity index (χ1n) is 8.38. The number of nitrogens with one attached hydrogen (secondary N) is 1. The van der Waals surface area contributed by atoms with Gasteiger partial charge < -0.3 is 14.8 Å². The molecule has 0 amide bonds. The Kier molecular flexibility index (Phi) is 6.48. The minimum atomic E-state index is 0.510. The highest BCUT2D eigenvalue weighted by molar-refractivity contribution is 5.43. The van der Waals surface area contributed by atoms with Crippen molar-refractivity contribution in [3.8, 4) is 11.5 Å². The molecule has 0 heterocycles. The van der Waals surface area contributed by atoms with Crippen LogP contribution < -0.4 is 14.8 Å². The van der Waals surface area contributed by atoms with E-state index in [1.165, 1.54) is 18.4 Å². The molecule has 0 radical (unpaired) electrons.